The maximum atomic E-state index is 5.95. The summed E-state index contributed by atoms with van der Waals surface area (Å²) in [6, 6.07) is 4.38. The number of thiophene rings is 1. The molecule has 4 nitrogen and oxygen atoms in total. The van der Waals surface area contributed by atoms with Gasteiger partial charge in [-0.1, -0.05) is 0 Å². The van der Waals surface area contributed by atoms with Crippen LogP contribution in [0.25, 0.3) is 0 Å². The molecule has 0 saturated heterocycles. The van der Waals surface area contributed by atoms with Crippen molar-refractivity contribution in [2.75, 3.05) is 13.2 Å². The number of nitrogens with zero attached hydrogens (tertiary/aromatic N) is 2. The lowest BCUT2D eigenvalue weighted by atomic mass is 10.1. The first-order chi connectivity index (χ1) is 10.8. The maximum Gasteiger partial charge on any atom is 0.114 e. The fourth-order valence-electron chi connectivity index (χ4n) is 3.05. The van der Waals surface area contributed by atoms with Crippen molar-refractivity contribution in [3.8, 4) is 0 Å². The van der Waals surface area contributed by atoms with Gasteiger partial charge in [0.1, 0.15) is 6.10 Å². The molecule has 118 valence electrons. The summed E-state index contributed by atoms with van der Waals surface area (Å²) >= 11 is 1.85. The zero-order valence-electron chi connectivity index (χ0n) is 13.0. The fourth-order valence-corrected chi connectivity index (χ4v) is 3.91. The maximum absolute atomic E-state index is 5.95. The molecular weight excluding hydrogens is 294 g/mol. The van der Waals surface area contributed by atoms with E-state index in [4.69, 9.17) is 9.84 Å². The second-order valence-electron chi connectivity index (χ2n) is 6.46. The van der Waals surface area contributed by atoms with Crippen LogP contribution < -0.4 is 5.32 Å². The number of ether oxygens (including phenoxy) is 1. The SMILES string of the molecule is Cc1ccc(CNC[C@H]2OCCc3cn(CC4CC4)nc32)s1. The number of fused-ring (bicyclic) bond motifs is 1. The largest absolute Gasteiger partial charge is 0.370 e. The van der Waals surface area contributed by atoms with Crippen LogP contribution in [0.5, 0.6) is 0 Å². The van der Waals surface area contributed by atoms with E-state index in [0.29, 0.717) is 0 Å². The lowest BCUT2D eigenvalue weighted by Crippen LogP contribution is -2.27. The highest BCUT2D eigenvalue weighted by molar-refractivity contribution is 7.11. The molecule has 1 aliphatic heterocycles. The van der Waals surface area contributed by atoms with E-state index in [1.54, 1.807) is 0 Å². The molecule has 0 spiro atoms. The zero-order chi connectivity index (χ0) is 14.9. The molecule has 3 heterocycles. The minimum Gasteiger partial charge on any atom is -0.370 e. The summed E-state index contributed by atoms with van der Waals surface area (Å²) in [7, 11) is 0. The van der Waals surface area contributed by atoms with Crippen LogP contribution in [0.3, 0.4) is 0 Å². The van der Waals surface area contributed by atoms with Crippen molar-refractivity contribution in [2.24, 2.45) is 5.92 Å². The lowest BCUT2D eigenvalue weighted by Gasteiger charge is -2.22. The number of hydrogen-bond acceptors (Lipinski definition) is 4. The third-order valence-corrected chi connectivity index (χ3v) is 5.43. The Morgan fingerprint density at radius 1 is 1.41 bits per heavy atom. The van der Waals surface area contributed by atoms with Gasteiger partial charge >= 0.3 is 0 Å². The third kappa shape index (κ3) is 3.26. The second kappa shape index (κ2) is 6.14. The quantitative estimate of drug-likeness (QED) is 0.890. The Kier molecular flexibility index (Phi) is 4.03. The molecule has 1 atom stereocenters. The highest BCUT2D eigenvalue weighted by atomic mass is 32.1. The van der Waals surface area contributed by atoms with Gasteiger partial charge in [0.2, 0.25) is 0 Å². The molecule has 5 heteroatoms. The van der Waals surface area contributed by atoms with Gasteiger partial charge in [-0.15, -0.1) is 11.3 Å². The molecule has 1 aliphatic carbocycles. The molecule has 0 unspecified atom stereocenters. The van der Waals surface area contributed by atoms with E-state index in [1.165, 1.54) is 28.2 Å². The first kappa shape index (κ1) is 14.4. The normalized spacial score (nSPS) is 21.0. The van der Waals surface area contributed by atoms with Crippen LogP contribution in [0.4, 0.5) is 0 Å². The minimum atomic E-state index is 0.102. The number of aryl methyl sites for hydroxylation is 1. The van der Waals surface area contributed by atoms with Gasteiger partial charge < -0.3 is 10.1 Å². The Hall–Kier alpha value is -1.17. The van der Waals surface area contributed by atoms with Crippen LogP contribution in [-0.2, 0) is 24.2 Å². The summed E-state index contributed by atoms with van der Waals surface area (Å²) < 4.78 is 8.09. The summed E-state index contributed by atoms with van der Waals surface area (Å²) in [5.41, 5.74) is 2.53. The van der Waals surface area contributed by atoms with Gasteiger partial charge in [-0.05, 0) is 49.8 Å². The van der Waals surface area contributed by atoms with E-state index in [9.17, 15) is 0 Å². The molecule has 4 rings (SSSR count). The van der Waals surface area contributed by atoms with Gasteiger partial charge in [0.15, 0.2) is 0 Å². The van der Waals surface area contributed by atoms with E-state index in [-0.39, 0.29) is 6.10 Å². The summed E-state index contributed by atoms with van der Waals surface area (Å²) in [6.07, 6.45) is 6.08. The molecular formula is C17H23N3OS. The van der Waals surface area contributed by atoms with Gasteiger partial charge in [0.05, 0.1) is 12.3 Å². The van der Waals surface area contributed by atoms with E-state index in [0.717, 1.165) is 44.3 Å². The molecule has 1 saturated carbocycles. The molecule has 0 bridgehead atoms. The highest BCUT2D eigenvalue weighted by Gasteiger charge is 2.27. The Morgan fingerprint density at radius 3 is 3.09 bits per heavy atom. The first-order valence-electron chi connectivity index (χ1n) is 8.22. The van der Waals surface area contributed by atoms with E-state index < -0.39 is 0 Å². The van der Waals surface area contributed by atoms with Gasteiger partial charge in [-0.25, -0.2) is 0 Å². The molecule has 0 aromatic carbocycles. The monoisotopic (exact) mass is 317 g/mol. The predicted octanol–water partition coefficient (Wildman–Crippen LogP) is 3.07. The smallest absolute Gasteiger partial charge is 0.114 e. The summed E-state index contributed by atoms with van der Waals surface area (Å²) in [5, 5.41) is 8.32. The molecule has 2 aromatic rings. The lowest BCUT2D eigenvalue weighted by molar-refractivity contribution is 0.0393. The van der Waals surface area contributed by atoms with Crippen LogP contribution in [0.15, 0.2) is 18.3 Å². The van der Waals surface area contributed by atoms with Crippen LogP contribution in [0, 0.1) is 12.8 Å². The van der Waals surface area contributed by atoms with Crippen molar-refractivity contribution >= 4 is 11.3 Å². The van der Waals surface area contributed by atoms with Crippen molar-refractivity contribution in [3.63, 3.8) is 0 Å². The fraction of sp³-hybridized carbons (Fsp3) is 0.588. The van der Waals surface area contributed by atoms with Crippen molar-refractivity contribution in [2.45, 2.75) is 45.4 Å². The highest BCUT2D eigenvalue weighted by Crippen LogP contribution is 2.32. The number of nitrogens with one attached hydrogen (secondary N) is 1. The number of hydrogen-bond donors (Lipinski definition) is 1. The Balaban J connectivity index is 1.37. The standard InChI is InChI=1S/C17H23N3OS/c1-12-2-5-15(22-12)8-18-9-16-17-14(6-7-21-16)11-20(19-17)10-13-3-4-13/h2,5,11,13,16,18H,3-4,6-10H2,1H3/t16-/m1/s1. The predicted molar refractivity (Wildman–Crippen MR) is 88.1 cm³/mol. The molecule has 2 aliphatic rings. The topological polar surface area (TPSA) is 39.1 Å². The van der Waals surface area contributed by atoms with Crippen molar-refractivity contribution < 1.29 is 4.74 Å². The first-order valence-corrected chi connectivity index (χ1v) is 9.03. The van der Waals surface area contributed by atoms with Gasteiger partial charge in [-0.2, -0.15) is 5.10 Å². The van der Waals surface area contributed by atoms with Gasteiger partial charge in [0, 0.05) is 35.6 Å². The van der Waals surface area contributed by atoms with Crippen molar-refractivity contribution in [3.05, 3.63) is 39.3 Å². The molecule has 1 N–H and O–H groups in total. The average Bonchev–Trinajstić information content (AvgIpc) is 3.05. The number of rotatable bonds is 6. The van der Waals surface area contributed by atoms with E-state index >= 15 is 0 Å². The molecule has 0 radical (unpaired) electrons. The third-order valence-electron chi connectivity index (χ3n) is 4.43. The molecule has 2 aromatic heterocycles. The Labute approximate surface area is 135 Å². The molecule has 1 fully saturated rings. The van der Waals surface area contributed by atoms with Crippen LogP contribution in [0.2, 0.25) is 0 Å². The van der Waals surface area contributed by atoms with E-state index in [1.807, 2.05) is 11.3 Å². The van der Waals surface area contributed by atoms with Crippen LogP contribution >= 0.6 is 11.3 Å². The van der Waals surface area contributed by atoms with Crippen molar-refractivity contribution in [1.82, 2.24) is 15.1 Å². The van der Waals surface area contributed by atoms with Crippen LogP contribution in [0.1, 0.15) is 40.0 Å². The second-order valence-corrected chi connectivity index (χ2v) is 7.83. The Morgan fingerprint density at radius 2 is 2.32 bits per heavy atom. The Bertz CT molecular complexity index is 644. The van der Waals surface area contributed by atoms with E-state index in [2.05, 4.69) is 35.3 Å². The zero-order valence-corrected chi connectivity index (χ0v) is 13.9. The summed E-state index contributed by atoms with van der Waals surface area (Å²) in [5.74, 6) is 0.862. The van der Waals surface area contributed by atoms with Crippen molar-refractivity contribution in [1.29, 1.82) is 0 Å². The minimum absolute atomic E-state index is 0.102. The van der Waals surface area contributed by atoms with Gasteiger partial charge in [-0.3, -0.25) is 4.68 Å². The summed E-state index contributed by atoms with van der Waals surface area (Å²) in [6.45, 7) is 5.80. The molecule has 0 amide bonds. The molecule has 22 heavy (non-hydrogen) atoms. The summed E-state index contributed by atoms with van der Waals surface area (Å²) in [4.78, 5) is 2.75. The number of aromatic nitrogens is 2. The average molecular weight is 317 g/mol. The van der Waals surface area contributed by atoms with Gasteiger partial charge in [0.25, 0.3) is 0 Å². The van der Waals surface area contributed by atoms with Crippen LogP contribution in [-0.4, -0.2) is 22.9 Å².